The van der Waals surface area contributed by atoms with Gasteiger partial charge in [-0.3, -0.25) is 0 Å². The van der Waals surface area contributed by atoms with Gasteiger partial charge in [0.05, 0.1) is 13.2 Å². The summed E-state index contributed by atoms with van der Waals surface area (Å²) in [5, 5.41) is 54.3. The Morgan fingerprint density at radius 2 is 1.89 bits per heavy atom. The summed E-state index contributed by atoms with van der Waals surface area (Å²) in [5.41, 5.74) is 0. The van der Waals surface area contributed by atoms with E-state index in [0.717, 1.165) is 0 Å². The number of hydrogen-bond acceptors (Lipinski definition) is 8. The summed E-state index contributed by atoms with van der Waals surface area (Å²) in [6.45, 7) is -1.39. The van der Waals surface area contributed by atoms with Crippen LogP contribution in [0.25, 0.3) is 0 Å². The molecule has 1 saturated heterocycles. The molecule has 0 aliphatic carbocycles. The Balaban J connectivity index is 2.63. The molecular formula is C9H16O9. The zero-order valence-corrected chi connectivity index (χ0v) is 9.29. The van der Waals surface area contributed by atoms with E-state index in [2.05, 4.69) is 0 Å². The summed E-state index contributed by atoms with van der Waals surface area (Å²) in [7, 11) is 0. The fourth-order valence-corrected chi connectivity index (χ4v) is 1.53. The van der Waals surface area contributed by atoms with Crippen molar-refractivity contribution in [1.82, 2.24) is 0 Å². The molecule has 106 valence electrons. The Kier molecular flexibility index (Phi) is 5.41. The molecule has 0 amide bonds. The standard InChI is InChI=1S/C9H16O9/c10-1-3-5(12)7(14)9(17-3)18-4(2-11)6(13)8(15)16/h3-7,9-14H,1-2H2,(H,15,16)/t3-,4-,5-,6-,7-,9+/m1/s1. The molecule has 0 bridgehead atoms. The van der Waals surface area contributed by atoms with Crippen molar-refractivity contribution in [3.8, 4) is 0 Å². The van der Waals surface area contributed by atoms with Crippen molar-refractivity contribution in [3.05, 3.63) is 0 Å². The third kappa shape index (κ3) is 3.14. The van der Waals surface area contributed by atoms with Gasteiger partial charge in [-0.25, -0.2) is 4.79 Å². The van der Waals surface area contributed by atoms with Gasteiger partial charge in [0.15, 0.2) is 12.4 Å². The number of aliphatic carboxylic acids is 1. The Hall–Kier alpha value is -0.810. The van der Waals surface area contributed by atoms with Crippen molar-refractivity contribution in [3.63, 3.8) is 0 Å². The zero-order chi connectivity index (χ0) is 13.9. The van der Waals surface area contributed by atoms with Crippen LogP contribution in [-0.2, 0) is 14.3 Å². The van der Waals surface area contributed by atoms with E-state index in [1.54, 1.807) is 0 Å². The van der Waals surface area contributed by atoms with E-state index in [1.165, 1.54) is 0 Å². The summed E-state index contributed by atoms with van der Waals surface area (Å²) in [6, 6.07) is 0. The lowest BCUT2D eigenvalue weighted by molar-refractivity contribution is -0.221. The van der Waals surface area contributed by atoms with Gasteiger partial charge in [-0.2, -0.15) is 0 Å². The van der Waals surface area contributed by atoms with Gasteiger partial charge in [-0.1, -0.05) is 0 Å². The Labute approximate surface area is 102 Å². The van der Waals surface area contributed by atoms with Crippen LogP contribution in [0.3, 0.4) is 0 Å². The Bertz CT molecular complexity index is 283. The number of rotatable bonds is 6. The molecule has 0 aromatic rings. The fraction of sp³-hybridized carbons (Fsp3) is 0.889. The molecule has 6 atom stereocenters. The minimum absolute atomic E-state index is 0.566. The zero-order valence-electron chi connectivity index (χ0n) is 9.29. The van der Waals surface area contributed by atoms with Crippen molar-refractivity contribution in [2.45, 2.75) is 36.8 Å². The van der Waals surface area contributed by atoms with Crippen molar-refractivity contribution in [2.75, 3.05) is 13.2 Å². The molecule has 1 heterocycles. The Morgan fingerprint density at radius 1 is 1.28 bits per heavy atom. The predicted octanol–water partition coefficient (Wildman–Crippen LogP) is -3.75. The number of ether oxygens (including phenoxy) is 2. The lowest BCUT2D eigenvalue weighted by Gasteiger charge is -2.23. The SMILES string of the molecule is O=C(O)[C@H](O)[C@@H](CO)O[C@@H]1O[C@H](CO)[C@@H](O)[C@H]1O. The summed E-state index contributed by atoms with van der Waals surface area (Å²) in [4.78, 5) is 10.5. The third-order valence-corrected chi connectivity index (χ3v) is 2.59. The van der Waals surface area contributed by atoms with E-state index in [9.17, 15) is 20.1 Å². The smallest absolute Gasteiger partial charge is 0.335 e. The average molecular weight is 268 g/mol. The van der Waals surface area contributed by atoms with Crippen LogP contribution in [0.1, 0.15) is 0 Å². The maximum atomic E-state index is 10.5. The van der Waals surface area contributed by atoms with Gasteiger partial charge >= 0.3 is 5.97 Å². The van der Waals surface area contributed by atoms with E-state index >= 15 is 0 Å². The highest BCUT2D eigenvalue weighted by Crippen LogP contribution is 2.23. The average Bonchev–Trinajstić information content (AvgIpc) is 2.62. The van der Waals surface area contributed by atoms with Gasteiger partial charge < -0.3 is 40.1 Å². The molecule has 1 aliphatic rings. The first-order valence-electron chi connectivity index (χ1n) is 5.22. The molecule has 0 aromatic carbocycles. The van der Waals surface area contributed by atoms with Crippen LogP contribution in [-0.4, -0.2) is 86.6 Å². The van der Waals surface area contributed by atoms with Gasteiger partial charge in [-0.05, 0) is 0 Å². The molecule has 18 heavy (non-hydrogen) atoms. The predicted molar refractivity (Wildman–Crippen MR) is 53.4 cm³/mol. The topological polar surface area (TPSA) is 157 Å². The Morgan fingerprint density at radius 3 is 2.28 bits per heavy atom. The third-order valence-electron chi connectivity index (χ3n) is 2.59. The number of hydrogen-bond donors (Lipinski definition) is 6. The van der Waals surface area contributed by atoms with Crippen LogP contribution in [0.15, 0.2) is 0 Å². The van der Waals surface area contributed by atoms with E-state index in [0.29, 0.717) is 0 Å². The number of aliphatic hydroxyl groups is 5. The lowest BCUT2D eigenvalue weighted by atomic mass is 10.1. The van der Waals surface area contributed by atoms with Crippen molar-refractivity contribution >= 4 is 5.97 Å². The minimum atomic E-state index is -2.00. The number of aliphatic hydroxyl groups excluding tert-OH is 5. The molecule has 0 aromatic heterocycles. The number of carboxylic acids is 1. The van der Waals surface area contributed by atoms with Crippen molar-refractivity contribution < 1.29 is 44.9 Å². The van der Waals surface area contributed by atoms with Gasteiger partial charge in [0.2, 0.25) is 0 Å². The van der Waals surface area contributed by atoms with E-state index < -0.39 is 56.0 Å². The van der Waals surface area contributed by atoms with Gasteiger partial charge in [0, 0.05) is 0 Å². The highest BCUT2D eigenvalue weighted by Gasteiger charge is 2.45. The molecule has 1 fully saturated rings. The first-order chi connectivity index (χ1) is 8.42. The molecule has 1 aliphatic heterocycles. The fourth-order valence-electron chi connectivity index (χ4n) is 1.53. The summed E-state index contributed by atoms with van der Waals surface area (Å²) in [6.07, 6.45) is -8.96. The van der Waals surface area contributed by atoms with E-state index in [4.69, 9.17) is 24.8 Å². The molecule has 0 radical (unpaired) electrons. The number of carboxylic acid groups (broad SMARTS) is 1. The summed E-state index contributed by atoms with van der Waals surface area (Å²) >= 11 is 0. The summed E-state index contributed by atoms with van der Waals surface area (Å²) in [5.74, 6) is -1.61. The van der Waals surface area contributed by atoms with Crippen LogP contribution in [0.4, 0.5) is 0 Å². The van der Waals surface area contributed by atoms with Gasteiger partial charge in [0.1, 0.15) is 24.4 Å². The quantitative estimate of drug-likeness (QED) is 0.284. The monoisotopic (exact) mass is 268 g/mol. The first kappa shape index (κ1) is 15.2. The minimum Gasteiger partial charge on any atom is -0.479 e. The van der Waals surface area contributed by atoms with Gasteiger partial charge in [-0.15, -0.1) is 0 Å². The first-order valence-corrected chi connectivity index (χ1v) is 5.22. The highest BCUT2D eigenvalue weighted by molar-refractivity contribution is 5.72. The second-order valence-corrected chi connectivity index (χ2v) is 3.85. The maximum Gasteiger partial charge on any atom is 0.335 e. The molecule has 0 spiro atoms. The molecule has 0 saturated carbocycles. The van der Waals surface area contributed by atoms with E-state index in [-0.39, 0.29) is 0 Å². The van der Waals surface area contributed by atoms with Crippen LogP contribution in [0.5, 0.6) is 0 Å². The molecule has 6 N–H and O–H groups in total. The van der Waals surface area contributed by atoms with Gasteiger partial charge in [0.25, 0.3) is 0 Å². The van der Waals surface area contributed by atoms with Crippen LogP contribution in [0, 0.1) is 0 Å². The normalized spacial score (nSPS) is 35.4. The summed E-state index contributed by atoms with van der Waals surface area (Å²) < 4.78 is 9.78. The molecular weight excluding hydrogens is 252 g/mol. The van der Waals surface area contributed by atoms with Crippen molar-refractivity contribution in [2.24, 2.45) is 0 Å². The van der Waals surface area contributed by atoms with Crippen molar-refractivity contribution in [1.29, 1.82) is 0 Å². The second-order valence-electron chi connectivity index (χ2n) is 3.85. The highest BCUT2D eigenvalue weighted by atomic mass is 16.7. The molecule has 0 unspecified atom stereocenters. The van der Waals surface area contributed by atoms with E-state index in [1.807, 2.05) is 0 Å². The maximum absolute atomic E-state index is 10.5. The number of carbonyl (C=O) groups is 1. The lowest BCUT2D eigenvalue weighted by Crippen LogP contribution is -2.44. The molecule has 1 rings (SSSR count). The van der Waals surface area contributed by atoms with Crippen LogP contribution < -0.4 is 0 Å². The second kappa shape index (κ2) is 6.38. The molecule has 9 heteroatoms. The molecule has 9 nitrogen and oxygen atoms in total. The van der Waals surface area contributed by atoms with Crippen LogP contribution in [0.2, 0.25) is 0 Å². The van der Waals surface area contributed by atoms with Crippen LogP contribution >= 0.6 is 0 Å². The largest absolute Gasteiger partial charge is 0.479 e.